The molecule has 3 nitrogen and oxygen atoms in total. The van der Waals surface area contributed by atoms with Crippen LogP contribution in [0.2, 0.25) is 0 Å². The minimum Gasteiger partial charge on any atom is -0.354 e. The topological polar surface area (TPSA) is 33.2 Å². The summed E-state index contributed by atoms with van der Waals surface area (Å²) in [5.41, 5.74) is 0. The number of allylic oxidation sites excluding steroid dienone is 1. The Kier molecular flexibility index (Phi) is 3.19. The van der Waals surface area contributed by atoms with E-state index in [1.54, 1.807) is 29.7 Å². The second-order valence-corrected chi connectivity index (χ2v) is 3.92. The van der Waals surface area contributed by atoms with Gasteiger partial charge in [0.15, 0.2) is 10.9 Å². The van der Waals surface area contributed by atoms with Gasteiger partial charge >= 0.3 is 0 Å². The van der Waals surface area contributed by atoms with Crippen LogP contribution in [0.1, 0.15) is 11.8 Å². The number of nitrogens with zero attached hydrogens (tertiary/aromatic N) is 2. The summed E-state index contributed by atoms with van der Waals surface area (Å²) >= 11 is 1.56. The first-order valence-electron chi connectivity index (χ1n) is 3.91. The molecule has 4 heteroatoms. The molecule has 0 radical (unpaired) electrons. The molecule has 1 rings (SSSR count). The highest BCUT2D eigenvalue weighted by molar-refractivity contribution is 7.16. The second kappa shape index (κ2) is 4.18. The van der Waals surface area contributed by atoms with E-state index in [2.05, 4.69) is 4.98 Å². The van der Waals surface area contributed by atoms with Gasteiger partial charge in [0.05, 0.1) is 0 Å². The van der Waals surface area contributed by atoms with Gasteiger partial charge in [0.1, 0.15) is 0 Å². The second-order valence-electron chi connectivity index (χ2n) is 2.88. The van der Waals surface area contributed by atoms with Crippen molar-refractivity contribution in [1.82, 2.24) is 4.98 Å². The Bertz CT molecular complexity index is 328. The molecule has 0 aliphatic carbocycles. The molecule has 0 atom stereocenters. The van der Waals surface area contributed by atoms with E-state index in [0.29, 0.717) is 0 Å². The van der Waals surface area contributed by atoms with E-state index in [1.807, 2.05) is 19.0 Å². The van der Waals surface area contributed by atoms with Crippen molar-refractivity contribution >= 4 is 28.3 Å². The first-order chi connectivity index (χ1) is 6.09. The average Bonchev–Trinajstić information content (AvgIpc) is 2.48. The summed E-state index contributed by atoms with van der Waals surface area (Å²) in [6.07, 6.45) is 5.10. The normalized spacial score (nSPS) is 10.7. The number of ketones is 1. The maximum absolute atomic E-state index is 10.6. The molecule has 0 spiro atoms. The summed E-state index contributed by atoms with van der Waals surface area (Å²) in [6.45, 7) is 1.53. The van der Waals surface area contributed by atoms with Gasteiger partial charge in [-0.1, -0.05) is 11.3 Å². The van der Waals surface area contributed by atoms with E-state index >= 15 is 0 Å². The number of hydrogen-bond donors (Lipinski definition) is 0. The highest BCUT2D eigenvalue weighted by Crippen LogP contribution is 2.21. The van der Waals surface area contributed by atoms with E-state index in [0.717, 1.165) is 10.0 Å². The third-order valence-corrected chi connectivity index (χ3v) is 2.51. The lowest BCUT2D eigenvalue weighted by atomic mass is 10.4. The smallest absolute Gasteiger partial charge is 0.185 e. The number of carbonyl (C=O) groups is 1. The quantitative estimate of drug-likeness (QED) is 0.691. The molecular formula is C9H12N2OS. The van der Waals surface area contributed by atoms with E-state index in [4.69, 9.17) is 0 Å². The van der Waals surface area contributed by atoms with Gasteiger partial charge in [0.2, 0.25) is 0 Å². The number of anilines is 1. The number of rotatable bonds is 3. The molecule has 0 fully saturated rings. The van der Waals surface area contributed by atoms with Gasteiger partial charge in [-0.25, -0.2) is 4.98 Å². The summed E-state index contributed by atoms with van der Waals surface area (Å²) in [4.78, 5) is 17.8. The molecular weight excluding hydrogens is 184 g/mol. The van der Waals surface area contributed by atoms with Gasteiger partial charge in [-0.2, -0.15) is 0 Å². The van der Waals surface area contributed by atoms with Crippen LogP contribution in [0.3, 0.4) is 0 Å². The maximum Gasteiger partial charge on any atom is 0.185 e. The first-order valence-corrected chi connectivity index (χ1v) is 4.73. The van der Waals surface area contributed by atoms with E-state index < -0.39 is 0 Å². The standard InChI is InChI=1S/C9H12N2OS/c1-7(12)4-5-8-6-10-9(13-8)11(2)3/h4-6H,1-3H3. The van der Waals surface area contributed by atoms with Crippen molar-refractivity contribution in [1.29, 1.82) is 0 Å². The van der Waals surface area contributed by atoms with Crippen LogP contribution in [0.25, 0.3) is 6.08 Å². The zero-order chi connectivity index (χ0) is 9.84. The molecule has 1 aromatic heterocycles. The van der Waals surface area contributed by atoms with Crippen LogP contribution in [0.15, 0.2) is 12.3 Å². The average molecular weight is 196 g/mol. The van der Waals surface area contributed by atoms with Crippen molar-refractivity contribution in [2.24, 2.45) is 0 Å². The fourth-order valence-electron chi connectivity index (χ4n) is 0.760. The fourth-order valence-corrected chi connectivity index (χ4v) is 1.50. The monoisotopic (exact) mass is 196 g/mol. The van der Waals surface area contributed by atoms with Crippen molar-refractivity contribution in [2.75, 3.05) is 19.0 Å². The van der Waals surface area contributed by atoms with Crippen LogP contribution in [0.4, 0.5) is 5.13 Å². The fraction of sp³-hybridized carbons (Fsp3) is 0.333. The van der Waals surface area contributed by atoms with Crippen LogP contribution in [0.5, 0.6) is 0 Å². The number of aromatic nitrogens is 1. The van der Waals surface area contributed by atoms with Crippen molar-refractivity contribution in [3.63, 3.8) is 0 Å². The minimum atomic E-state index is 0.0554. The number of thiazole rings is 1. The first kappa shape index (κ1) is 9.92. The molecule has 70 valence electrons. The van der Waals surface area contributed by atoms with E-state index in [-0.39, 0.29) is 5.78 Å². The molecule has 1 heterocycles. The summed E-state index contributed by atoms with van der Waals surface area (Å²) < 4.78 is 0. The Labute approximate surface area is 81.7 Å². The molecule has 0 amide bonds. The molecule has 13 heavy (non-hydrogen) atoms. The Balaban J connectivity index is 2.75. The molecule has 0 bridgehead atoms. The third kappa shape index (κ3) is 2.99. The molecule has 0 N–H and O–H groups in total. The molecule has 0 saturated heterocycles. The third-order valence-electron chi connectivity index (χ3n) is 1.38. The van der Waals surface area contributed by atoms with Crippen molar-refractivity contribution < 1.29 is 4.79 Å². The van der Waals surface area contributed by atoms with Crippen LogP contribution < -0.4 is 4.90 Å². The lowest BCUT2D eigenvalue weighted by molar-refractivity contribution is -0.112. The number of hydrogen-bond acceptors (Lipinski definition) is 4. The Hall–Kier alpha value is -1.16. The molecule has 0 aliphatic rings. The molecule has 0 aliphatic heterocycles. The lowest BCUT2D eigenvalue weighted by Gasteiger charge is -2.04. The lowest BCUT2D eigenvalue weighted by Crippen LogP contribution is -2.07. The zero-order valence-corrected chi connectivity index (χ0v) is 8.76. The predicted molar refractivity (Wildman–Crippen MR) is 56.2 cm³/mol. The Morgan fingerprint density at radius 3 is 2.77 bits per heavy atom. The summed E-state index contributed by atoms with van der Waals surface area (Å²) in [7, 11) is 3.88. The van der Waals surface area contributed by atoms with Gasteiger partial charge in [-0.3, -0.25) is 4.79 Å². The maximum atomic E-state index is 10.6. The van der Waals surface area contributed by atoms with Crippen LogP contribution in [0, 0.1) is 0 Å². The van der Waals surface area contributed by atoms with E-state index in [9.17, 15) is 4.79 Å². The largest absolute Gasteiger partial charge is 0.354 e. The minimum absolute atomic E-state index is 0.0554. The highest BCUT2D eigenvalue weighted by atomic mass is 32.1. The van der Waals surface area contributed by atoms with Crippen LogP contribution in [-0.4, -0.2) is 24.9 Å². The molecule has 0 saturated carbocycles. The van der Waals surface area contributed by atoms with Crippen molar-refractivity contribution in [3.05, 3.63) is 17.2 Å². The zero-order valence-electron chi connectivity index (χ0n) is 7.94. The SMILES string of the molecule is CC(=O)C=Cc1cnc(N(C)C)s1. The van der Waals surface area contributed by atoms with Gasteiger partial charge < -0.3 is 4.90 Å². The Morgan fingerprint density at radius 2 is 2.31 bits per heavy atom. The van der Waals surface area contributed by atoms with Crippen LogP contribution in [-0.2, 0) is 4.79 Å². The van der Waals surface area contributed by atoms with Crippen LogP contribution >= 0.6 is 11.3 Å². The van der Waals surface area contributed by atoms with Gasteiger partial charge in [-0.05, 0) is 19.1 Å². The highest BCUT2D eigenvalue weighted by Gasteiger charge is 2.00. The summed E-state index contributed by atoms with van der Waals surface area (Å²) in [6, 6.07) is 0. The molecule has 0 aromatic carbocycles. The van der Waals surface area contributed by atoms with Gasteiger partial charge in [0, 0.05) is 25.2 Å². The Morgan fingerprint density at radius 1 is 1.62 bits per heavy atom. The number of carbonyl (C=O) groups excluding carboxylic acids is 1. The van der Waals surface area contributed by atoms with Crippen molar-refractivity contribution in [2.45, 2.75) is 6.92 Å². The van der Waals surface area contributed by atoms with E-state index in [1.165, 1.54) is 6.92 Å². The van der Waals surface area contributed by atoms with Gasteiger partial charge in [0.25, 0.3) is 0 Å². The molecule has 1 aromatic rings. The molecule has 0 unspecified atom stereocenters. The summed E-state index contributed by atoms with van der Waals surface area (Å²) in [5, 5.41) is 0.947. The summed E-state index contributed by atoms with van der Waals surface area (Å²) in [5.74, 6) is 0.0554. The predicted octanol–water partition coefficient (Wildman–Crippen LogP) is 1.81. The van der Waals surface area contributed by atoms with Crippen molar-refractivity contribution in [3.8, 4) is 0 Å². The van der Waals surface area contributed by atoms with Gasteiger partial charge in [-0.15, -0.1) is 0 Å².